The van der Waals surface area contributed by atoms with Gasteiger partial charge in [0.05, 0.1) is 22.6 Å². The monoisotopic (exact) mass is 383 g/mol. The highest BCUT2D eigenvalue weighted by atomic mass is 16.5. The number of nitrogens with one attached hydrogen (secondary N) is 1. The Morgan fingerprint density at radius 1 is 1.36 bits per heavy atom. The number of nitrogens with zero attached hydrogens (tertiary/aromatic N) is 2. The van der Waals surface area contributed by atoms with Gasteiger partial charge in [0.1, 0.15) is 12.2 Å². The van der Waals surface area contributed by atoms with Gasteiger partial charge >= 0.3 is 5.97 Å². The molecule has 2 unspecified atom stereocenters. The van der Waals surface area contributed by atoms with Crippen LogP contribution in [-0.2, 0) is 0 Å². The number of hydrogen-bond donors (Lipinski definition) is 2. The molecule has 7 nitrogen and oxygen atoms in total. The summed E-state index contributed by atoms with van der Waals surface area (Å²) >= 11 is 0. The lowest BCUT2D eigenvalue weighted by Gasteiger charge is -2.31. The summed E-state index contributed by atoms with van der Waals surface area (Å²) in [7, 11) is 2.05. The second-order valence-electron chi connectivity index (χ2n) is 8.39. The molecule has 3 heterocycles. The summed E-state index contributed by atoms with van der Waals surface area (Å²) in [6.07, 6.45) is 5.08. The van der Waals surface area contributed by atoms with Crippen LogP contribution in [0.3, 0.4) is 0 Å². The van der Waals surface area contributed by atoms with Gasteiger partial charge in [0.15, 0.2) is 5.75 Å². The SMILES string of the molecule is CNC1(C2CCN(c3ccc4c(=O)c(C(=O)O)cn5c4c3OCC5C)C2)CC1. The van der Waals surface area contributed by atoms with Gasteiger partial charge in [-0.1, -0.05) is 0 Å². The first-order chi connectivity index (χ1) is 13.4. The van der Waals surface area contributed by atoms with Crippen LogP contribution in [0, 0.1) is 5.92 Å². The number of pyridine rings is 1. The lowest BCUT2D eigenvalue weighted by atomic mass is 9.96. The van der Waals surface area contributed by atoms with Crippen molar-refractivity contribution in [2.45, 2.75) is 37.8 Å². The van der Waals surface area contributed by atoms with E-state index in [1.165, 1.54) is 19.0 Å². The molecule has 0 amide bonds. The number of carboxylic acid groups (broad SMARTS) is 1. The standard InChI is InChI=1S/C21H25N3O4/c1-12-11-28-19-16(23-8-5-13(9-23)21(22-2)6-7-21)4-3-14-17(19)24(12)10-15(18(14)25)20(26)27/h3-4,10,12-13,22H,5-9,11H2,1-2H3,(H,26,27). The zero-order valence-corrected chi connectivity index (χ0v) is 16.2. The molecule has 0 spiro atoms. The molecule has 2 aliphatic heterocycles. The van der Waals surface area contributed by atoms with Gasteiger partial charge in [-0.25, -0.2) is 4.79 Å². The van der Waals surface area contributed by atoms with Gasteiger partial charge in [-0.3, -0.25) is 4.79 Å². The van der Waals surface area contributed by atoms with Crippen LogP contribution >= 0.6 is 0 Å². The van der Waals surface area contributed by atoms with Crippen LogP contribution < -0.4 is 20.4 Å². The van der Waals surface area contributed by atoms with Crippen LogP contribution in [0.5, 0.6) is 5.75 Å². The number of aromatic carboxylic acids is 1. The van der Waals surface area contributed by atoms with E-state index in [1.54, 1.807) is 6.07 Å². The van der Waals surface area contributed by atoms with Gasteiger partial charge in [0.25, 0.3) is 0 Å². The third-order valence-electron chi connectivity index (χ3n) is 6.90. The lowest BCUT2D eigenvalue weighted by molar-refractivity contribution is 0.0694. The van der Waals surface area contributed by atoms with Crippen molar-refractivity contribution < 1.29 is 14.6 Å². The summed E-state index contributed by atoms with van der Waals surface area (Å²) in [5.74, 6) is 0.128. The highest BCUT2D eigenvalue weighted by Crippen LogP contribution is 2.48. The topological polar surface area (TPSA) is 83.8 Å². The molecular formula is C21H25N3O4. The predicted molar refractivity (Wildman–Crippen MR) is 107 cm³/mol. The van der Waals surface area contributed by atoms with Gasteiger partial charge in [0, 0.05) is 24.8 Å². The first-order valence-corrected chi connectivity index (χ1v) is 9.97. The minimum atomic E-state index is -1.19. The van der Waals surface area contributed by atoms with E-state index in [4.69, 9.17) is 4.74 Å². The van der Waals surface area contributed by atoms with E-state index in [-0.39, 0.29) is 17.1 Å². The van der Waals surface area contributed by atoms with Crippen molar-refractivity contribution in [1.82, 2.24) is 9.88 Å². The second-order valence-corrected chi connectivity index (χ2v) is 8.39. The maximum Gasteiger partial charge on any atom is 0.341 e. The van der Waals surface area contributed by atoms with Crippen LogP contribution in [0.2, 0.25) is 0 Å². The molecule has 2 N–H and O–H groups in total. The molecule has 28 heavy (non-hydrogen) atoms. The van der Waals surface area contributed by atoms with E-state index in [9.17, 15) is 14.7 Å². The third-order valence-corrected chi connectivity index (χ3v) is 6.90. The largest absolute Gasteiger partial charge is 0.487 e. The molecule has 7 heteroatoms. The van der Waals surface area contributed by atoms with Crippen molar-refractivity contribution in [2.24, 2.45) is 5.92 Å². The summed E-state index contributed by atoms with van der Waals surface area (Å²) < 4.78 is 8.00. The molecule has 1 aromatic heterocycles. The number of aromatic nitrogens is 1. The van der Waals surface area contributed by atoms with E-state index >= 15 is 0 Å². The summed E-state index contributed by atoms with van der Waals surface area (Å²) in [4.78, 5) is 26.6. The Morgan fingerprint density at radius 2 is 2.14 bits per heavy atom. The van der Waals surface area contributed by atoms with Crippen molar-refractivity contribution in [3.63, 3.8) is 0 Å². The quantitative estimate of drug-likeness (QED) is 0.842. The Labute approximate surface area is 162 Å². The number of ether oxygens (including phenoxy) is 1. The molecule has 1 saturated carbocycles. The predicted octanol–water partition coefficient (Wildman–Crippen LogP) is 2.23. The summed E-state index contributed by atoms with van der Waals surface area (Å²) in [6.45, 7) is 4.36. The summed E-state index contributed by atoms with van der Waals surface area (Å²) in [5.41, 5.74) is 1.37. The van der Waals surface area contributed by atoms with Gasteiger partial charge in [0.2, 0.25) is 5.43 Å². The summed E-state index contributed by atoms with van der Waals surface area (Å²) in [5, 5.41) is 13.3. The second kappa shape index (κ2) is 5.98. The Kier molecular flexibility index (Phi) is 3.75. The van der Waals surface area contributed by atoms with Crippen molar-refractivity contribution in [1.29, 1.82) is 0 Å². The Bertz CT molecular complexity index is 1040. The number of rotatable bonds is 4. The van der Waals surface area contributed by atoms with Crippen molar-refractivity contribution in [3.05, 3.63) is 34.1 Å². The lowest BCUT2D eigenvalue weighted by Crippen LogP contribution is -2.37. The van der Waals surface area contributed by atoms with Crippen molar-refractivity contribution in [3.8, 4) is 5.75 Å². The van der Waals surface area contributed by atoms with Crippen LogP contribution in [0.15, 0.2) is 23.1 Å². The molecule has 0 radical (unpaired) electrons. The normalized spacial score (nSPS) is 25.0. The molecule has 1 saturated heterocycles. The number of hydrogen-bond acceptors (Lipinski definition) is 5. The van der Waals surface area contributed by atoms with E-state index in [0.29, 0.717) is 29.2 Å². The minimum absolute atomic E-state index is 0.0331. The fraction of sp³-hybridized carbons (Fsp3) is 0.524. The molecule has 1 aliphatic carbocycles. The first kappa shape index (κ1) is 17.6. The average molecular weight is 383 g/mol. The number of anilines is 1. The average Bonchev–Trinajstić information content (AvgIpc) is 3.34. The minimum Gasteiger partial charge on any atom is -0.487 e. The maximum absolute atomic E-state index is 12.7. The van der Waals surface area contributed by atoms with Gasteiger partial charge in [-0.2, -0.15) is 0 Å². The van der Waals surface area contributed by atoms with Crippen LogP contribution in [0.4, 0.5) is 5.69 Å². The molecule has 0 bridgehead atoms. The van der Waals surface area contributed by atoms with Crippen LogP contribution in [-0.4, -0.2) is 47.9 Å². The Balaban J connectivity index is 1.62. The van der Waals surface area contributed by atoms with E-state index < -0.39 is 11.4 Å². The fourth-order valence-corrected chi connectivity index (χ4v) is 5.01. The molecule has 148 valence electrons. The number of carbonyl (C=O) groups is 1. The summed E-state index contributed by atoms with van der Waals surface area (Å²) in [6, 6.07) is 3.65. The van der Waals surface area contributed by atoms with E-state index in [2.05, 4.69) is 17.3 Å². The Hall–Kier alpha value is -2.54. The van der Waals surface area contributed by atoms with Crippen molar-refractivity contribution >= 4 is 22.6 Å². The van der Waals surface area contributed by atoms with E-state index in [1.807, 2.05) is 17.6 Å². The molecule has 1 aromatic carbocycles. The number of benzene rings is 1. The molecule has 2 aromatic rings. The smallest absolute Gasteiger partial charge is 0.341 e. The molecule has 2 atom stereocenters. The number of carboxylic acids is 1. The zero-order valence-electron chi connectivity index (χ0n) is 16.2. The molecular weight excluding hydrogens is 358 g/mol. The van der Waals surface area contributed by atoms with Gasteiger partial charge < -0.3 is 24.6 Å². The highest BCUT2D eigenvalue weighted by molar-refractivity contribution is 5.97. The first-order valence-electron chi connectivity index (χ1n) is 9.97. The van der Waals surface area contributed by atoms with Crippen LogP contribution in [0.25, 0.3) is 10.9 Å². The van der Waals surface area contributed by atoms with Gasteiger partial charge in [-0.05, 0) is 51.3 Å². The fourth-order valence-electron chi connectivity index (χ4n) is 5.01. The zero-order chi connectivity index (χ0) is 19.6. The van der Waals surface area contributed by atoms with Crippen LogP contribution in [0.1, 0.15) is 42.6 Å². The maximum atomic E-state index is 12.7. The van der Waals surface area contributed by atoms with E-state index in [0.717, 1.165) is 25.2 Å². The molecule has 2 fully saturated rings. The van der Waals surface area contributed by atoms with Gasteiger partial charge in [-0.15, -0.1) is 0 Å². The highest BCUT2D eigenvalue weighted by Gasteiger charge is 2.50. The Morgan fingerprint density at radius 3 is 2.82 bits per heavy atom. The van der Waals surface area contributed by atoms with Crippen molar-refractivity contribution in [2.75, 3.05) is 31.6 Å². The molecule has 5 rings (SSSR count). The third kappa shape index (κ3) is 2.38. The molecule has 3 aliphatic rings.